The minimum Gasteiger partial charge on any atom is -0.0919 e. The molecule has 68 valence electrons. The highest BCUT2D eigenvalue weighted by Gasteiger charge is 2.03. The molecule has 0 aliphatic rings. The Hall–Kier alpha value is -0.930. The van der Waals surface area contributed by atoms with Gasteiger partial charge in [0.1, 0.15) is 0 Å². The third kappa shape index (κ3) is 3.53. The fourth-order valence-corrected chi connectivity index (χ4v) is 1.00. The maximum atomic E-state index is 5.95. The average molecular weight is 193 g/mol. The standard InChI is InChI=1S/C12H13Cl/c1-12(2,3)9-8-10-6-4-5-7-11(10)13/h4-7H,1-3H3. The molecular formula is C12H13Cl. The molecular weight excluding hydrogens is 180 g/mol. The first-order valence-corrected chi connectivity index (χ1v) is 4.64. The zero-order valence-corrected chi connectivity index (χ0v) is 8.94. The first-order valence-electron chi connectivity index (χ1n) is 4.27. The Bertz CT molecular complexity index is 347. The Morgan fingerprint density at radius 3 is 2.31 bits per heavy atom. The molecule has 0 fully saturated rings. The van der Waals surface area contributed by atoms with Gasteiger partial charge < -0.3 is 0 Å². The van der Waals surface area contributed by atoms with Crippen molar-refractivity contribution in [1.29, 1.82) is 0 Å². The van der Waals surface area contributed by atoms with Crippen molar-refractivity contribution < 1.29 is 0 Å². The third-order valence-corrected chi connectivity index (χ3v) is 1.78. The molecule has 1 aromatic rings. The number of benzene rings is 1. The second kappa shape index (κ2) is 3.85. The predicted molar refractivity (Wildman–Crippen MR) is 57.8 cm³/mol. The fourth-order valence-electron chi connectivity index (χ4n) is 0.817. The van der Waals surface area contributed by atoms with E-state index in [1.165, 1.54) is 0 Å². The van der Waals surface area contributed by atoms with Crippen LogP contribution in [-0.4, -0.2) is 0 Å². The van der Waals surface area contributed by atoms with Crippen LogP contribution in [0.4, 0.5) is 0 Å². The number of hydrogen-bond acceptors (Lipinski definition) is 0. The van der Waals surface area contributed by atoms with Crippen LogP contribution in [-0.2, 0) is 0 Å². The van der Waals surface area contributed by atoms with Crippen LogP contribution in [0.5, 0.6) is 0 Å². The summed E-state index contributed by atoms with van der Waals surface area (Å²) in [5, 5.41) is 0.722. The molecule has 13 heavy (non-hydrogen) atoms. The maximum absolute atomic E-state index is 5.95. The monoisotopic (exact) mass is 192 g/mol. The Balaban J connectivity index is 2.97. The maximum Gasteiger partial charge on any atom is 0.0562 e. The van der Waals surface area contributed by atoms with Crippen molar-refractivity contribution in [2.24, 2.45) is 5.41 Å². The van der Waals surface area contributed by atoms with E-state index >= 15 is 0 Å². The van der Waals surface area contributed by atoms with Crippen molar-refractivity contribution in [3.63, 3.8) is 0 Å². The molecule has 0 aliphatic carbocycles. The largest absolute Gasteiger partial charge is 0.0919 e. The summed E-state index contributed by atoms with van der Waals surface area (Å²) in [7, 11) is 0. The molecule has 0 unspecified atom stereocenters. The van der Waals surface area contributed by atoms with E-state index < -0.39 is 0 Å². The summed E-state index contributed by atoms with van der Waals surface area (Å²) in [4.78, 5) is 0. The molecule has 0 atom stereocenters. The molecule has 1 heteroatoms. The topological polar surface area (TPSA) is 0 Å². The van der Waals surface area contributed by atoms with Gasteiger partial charge >= 0.3 is 0 Å². The zero-order chi connectivity index (χ0) is 9.90. The summed E-state index contributed by atoms with van der Waals surface area (Å²) in [6.07, 6.45) is 0. The summed E-state index contributed by atoms with van der Waals surface area (Å²) < 4.78 is 0. The van der Waals surface area contributed by atoms with E-state index in [0.717, 1.165) is 10.6 Å². The van der Waals surface area contributed by atoms with Gasteiger partial charge in [0.2, 0.25) is 0 Å². The molecule has 0 aromatic heterocycles. The van der Waals surface area contributed by atoms with E-state index in [1.807, 2.05) is 24.3 Å². The molecule has 0 spiro atoms. The number of halogens is 1. The summed E-state index contributed by atoms with van der Waals surface area (Å²) >= 11 is 5.95. The fraction of sp³-hybridized carbons (Fsp3) is 0.333. The van der Waals surface area contributed by atoms with Crippen molar-refractivity contribution in [2.45, 2.75) is 20.8 Å². The molecule has 0 radical (unpaired) electrons. The number of rotatable bonds is 0. The van der Waals surface area contributed by atoms with Crippen LogP contribution < -0.4 is 0 Å². The average Bonchev–Trinajstić information content (AvgIpc) is 2.01. The normalized spacial score (nSPS) is 10.5. The van der Waals surface area contributed by atoms with Crippen molar-refractivity contribution in [3.05, 3.63) is 34.9 Å². The smallest absolute Gasteiger partial charge is 0.0562 e. The van der Waals surface area contributed by atoms with E-state index in [2.05, 4.69) is 32.6 Å². The highest BCUT2D eigenvalue weighted by atomic mass is 35.5. The summed E-state index contributed by atoms with van der Waals surface area (Å²) in [5.41, 5.74) is 0.929. The lowest BCUT2D eigenvalue weighted by Crippen LogP contribution is -1.99. The zero-order valence-electron chi connectivity index (χ0n) is 8.19. The van der Waals surface area contributed by atoms with Crippen molar-refractivity contribution in [1.82, 2.24) is 0 Å². The lowest BCUT2D eigenvalue weighted by molar-refractivity contribution is 0.571. The van der Waals surface area contributed by atoms with Crippen LogP contribution in [0.1, 0.15) is 26.3 Å². The van der Waals surface area contributed by atoms with Crippen LogP contribution in [0.3, 0.4) is 0 Å². The van der Waals surface area contributed by atoms with Crippen LogP contribution >= 0.6 is 11.6 Å². The summed E-state index contributed by atoms with van der Waals surface area (Å²) in [5.74, 6) is 6.22. The van der Waals surface area contributed by atoms with Crippen LogP contribution in [0.15, 0.2) is 24.3 Å². The van der Waals surface area contributed by atoms with Gasteiger partial charge in [0.05, 0.1) is 5.02 Å². The molecule has 1 aromatic carbocycles. The van der Waals surface area contributed by atoms with Gasteiger partial charge in [-0.15, -0.1) is 0 Å². The van der Waals surface area contributed by atoms with Crippen molar-refractivity contribution in [3.8, 4) is 11.8 Å². The van der Waals surface area contributed by atoms with Gasteiger partial charge in [-0.3, -0.25) is 0 Å². The second-order valence-corrected chi connectivity index (χ2v) is 4.39. The molecule has 0 amide bonds. The van der Waals surface area contributed by atoms with E-state index in [4.69, 9.17) is 11.6 Å². The van der Waals surface area contributed by atoms with Crippen LogP contribution in [0.2, 0.25) is 5.02 Å². The van der Waals surface area contributed by atoms with Gasteiger partial charge in [-0.1, -0.05) is 35.6 Å². The van der Waals surface area contributed by atoms with Crippen molar-refractivity contribution >= 4 is 11.6 Å². The van der Waals surface area contributed by atoms with E-state index in [0.29, 0.717) is 0 Å². The van der Waals surface area contributed by atoms with E-state index in [9.17, 15) is 0 Å². The molecule has 0 bridgehead atoms. The van der Waals surface area contributed by atoms with Crippen molar-refractivity contribution in [2.75, 3.05) is 0 Å². The molecule has 1 rings (SSSR count). The van der Waals surface area contributed by atoms with Crippen LogP contribution in [0, 0.1) is 17.3 Å². The second-order valence-electron chi connectivity index (χ2n) is 3.98. The summed E-state index contributed by atoms with van der Waals surface area (Å²) in [6.45, 7) is 6.24. The van der Waals surface area contributed by atoms with E-state index in [1.54, 1.807) is 0 Å². The van der Waals surface area contributed by atoms with Gasteiger partial charge in [0.15, 0.2) is 0 Å². The lowest BCUT2D eigenvalue weighted by Gasteiger charge is -2.06. The quantitative estimate of drug-likeness (QED) is 0.550. The van der Waals surface area contributed by atoms with Gasteiger partial charge in [-0.25, -0.2) is 0 Å². The molecule has 0 N–H and O–H groups in total. The highest BCUT2D eigenvalue weighted by Crippen LogP contribution is 2.15. The minimum absolute atomic E-state index is 0.0270. The predicted octanol–water partition coefficient (Wildman–Crippen LogP) is 3.74. The van der Waals surface area contributed by atoms with Gasteiger partial charge in [0, 0.05) is 11.0 Å². The summed E-state index contributed by atoms with van der Waals surface area (Å²) in [6, 6.07) is 7.64. The van der Waals surface area contributed by atoms with Gasteiger partial charge in [-0.2, -0.15) is 0 Å². The SMILES string of the molecule is CC(C)(C)C#Cc1ccccc1Cl. The Kier molecular flexibility index (Phi) is 3.01. The molecule has 0 saturated heterocycles. The Morgan fingerprint density at radius 2 is 1.77 bits per heavy atom. The van der Waals surface area contributed by atoms with E-state index in [-0.39, 0.29) is 5.41 Å². The molecule has 0 nitrogen and oxygen atoms in total. The molecule has 0 aliphatic heterocycles. The van der Waals surface area contributed by atoms with Gasteiger partial charge in [0.25, 0.3) is 0 Å². The Labute approximate surface area is 84.9 Å². The molecule has 0 saturated carbocycles. The minimum atomic E-state index is 0.0270. The van der Waals surface area contributed by atoms with Gasteiger partial charge in [-0.05, 0) is 32.9 Å². The van der Waals surface area contributed by atoms with Crippen LogP contribution in [0.25, 0.3) is 0 Å². The first kappa shape index (κ1) is 10.2. The lowest BCUT2D eigenvalue weighted by atomic mass is 9.97. The Morgan fingerprint density at radius 1 is 1.15 bits per heavy atom. The third-order valence-electron chi connectivity index (χ3n) is 1.45. The first-order chi connectivity index (χ1) is 5.99. The molecule has 0 heterocycles. The number of hydrogen-bond donors (Lipinski definition) is 0. The highest BCUT2D eigenvalue weighted by molar-refractivity contribution is 6.31.